The first-order chi connectivity index (χ1) is 65.4. The summed E-state index contributed by atoms with van der Waals surface area (Å²) in [7, 11) is 2.78. The molecule has 4 N–H and O–H groups in total. The van der Waals surface area contributed by atoms with Gasteiger partial charge >= 0.3 is 29.8 Å². The lowest BCUT2D eigenvalue weighted by Crippen LogP contribution is -2.05. The van der Waals surface area contributed by atoms with Crippen LogP contribution in [0, 0.1) is 27.7 Å². The molecule has 0 radical (unpaired) electrons. The number of rotatable bonds is 18. The fourth-order valence-corrected chi connectivity index (χ4v) is 17.1. The number of fused-ring (bicyclic) bond motifs is 5. The lowest BCUT2D eigenvalue weighted by atomic mass is 10.0. The quantitative estimate of drug-likeness (QED) is 0.0458. The average Bonchev–Trinajstić information content (AvgIpc) is 1.65. The van der Waals surface area contributed by atoms with Crippen LogP contribution in [0.1, 0.15) is 91.3 Å². The van der Waals surface area contributed by atoms with Crippen LogP contribution in [0.15, 0.2) is 325 Å². The number of pyridine rings is 5. The highest BCUT2D eigenvalue weighted by Gasteiger charge is 2.25. The molecular weight excluding hydrogens is 1960 g/mol. The Kier molecular flexibility index (Phi) is 28.5. The van der Waals surface area contributed by atoms with Crippen molar-refractivity contribution in [1.29, 1.82) is 0 Å². The Morgan fingerprint density at radius 1 is 0.348 bits per heavy atom. The number of alkyl halides is 2. The first-order valence-electron chi connectivity index (χ1n) is 42.0. The Bertz CT molecular complexity index is 7880. The molecule has 9 heterocycles. The highest BCUT2D eigenvalue weighted by atomic mass is 79.9. The molecule has 0 fully saturated rings. The van der Waals surface area contributed by atoms with E-state index in [1.807, 2.05) is 272 Å². The number of aromatic carboxylic acids is 3. The maximum Gasteiger partial charge on any atom is 0.338 e. The van der Waals surface area contributed by atoms with Crippen molar-refractivity contribution in [3.05, 3.63) is 392 Å². The summed E-state index contributed by atoms with van der Waals surface area (Å²) in [4.78, 5) is 83.6. The molecule has 0 aliphatic rings. The van der Waals surface area contributed by atoms with Gasteiger partial charge in [0.25, 0.3) is 0 Å². The number of aryl methyl sites for hydroxylation is 2. The number of halogens is 4. The molecular formula is C106H80Br4N14O11. The number of hydrogen-bond acceptors (Lipinski definition) is 18. The third kappa shape index (κ3) is 20.6. The number of methoxy groups -OCH3 is 2. The van der Waals surface area contributed by atoms with Crippen LogP contribution in [-0.2, 0) is 26.7 Å². The Morgan fingerprint density at radius 3 is 1.12 bits per heavy atom. The van der Waals surface area contributed by atoms with Crippen molar-refractivity contribution < 1.29 is 53.9 Å². The van der Waals surface area contributed by atoms with Gasteiger partial charge in [0.05, 0.1) is 169 Å². The molecule has 11 aromatic carbocycles. The summed E-state index contributed by atoms with van der Waals surface area (Å²) in [6.07, 6.45) is 6.94. The van der Waals surface area contributed by atoms with Crippen LogP contribution in [0.25, 0.3) is 145 Å². The molecule has 0 amide bonds. The summed E-state index contributed by atoms with van der Waals surface area (Å²) in [6, 6.07) is 91.8. The van der Waals surface area contributed by atoms with Crippen LogP contribution in [0.2, 0.25) is 0 Å². The van der Waals surface area contributed by atoms with Gasteiger partial charge in [0, 0.05) is 74.4 Å². The van der Waals surface area contributed by atoms with Crippen LogP contribution in [0.4, 0.5) is 0 Å². The van der Waals surface area contributed by atoms with Gasteiger partial charge in [-0.15, -0.1) is 5.10 Å². The molecule has 20 aromatic rings. The minimum absolute atomic E-state index is 0.173. The lowest BCUT2D eigenvalue weighted by molar-refractivity contribution is 0.0594. The first-order valence-corrected chi connectivity index (χ1v) is 45.9. The second kappa shape index (κ2) is 41.5. The molecule has 135 heavy (non-hydrogen) atoms. The van der Waals surface area contributed by atoms with Crippen LogP contribution in [-0.4, -0.2) is 134 Å². The first kappa shape index (κ1) is 92.7. The Labute approximate surface area is 806 Å². The van der Waals surface area contributed by atoms with E-state index in [1.54, 1.807) is 78.0 Å². The van der Waals surface area contributed by atoms with E-state index in [-0.39, 0.29) is 35.2 Å². The minimum atomic E-state index is -1.00. The van der Waals surface area contributed by atoms with Crippen molar-refractivity contribution in [1.82, 2.24) is 69.3 Å². The Morgan fingerprint density at radius 2 is 0.696 bits per heavy atom. The molecule has 0 aliphatic heterocycles. The van der Waals surface area contributed by atoms with Gasteiger partial charge < -0.3 is 29.9 Å². The van der Waals surface area contributed by atoms with Gasteiger partial charge in [0.1, 0.15) is 5.69 Å². The standard InChI is InChI=1S/C22H17Br2N3O2.C22H14BrNO2.C22H19N3O2.C21H17N3O2.C19H13BrN4O3/c1-29-22(28)17-10-20(26-19-8-7-14(11-23)9-16(17)19)18-13-25-27(21(18)12-24)15-5-3-2-4-6-15;23-17-10-11-20-18(12-17)19(22(25)26)13-21(24-20)16-8-6-15(7-9-16)14-4-2-1-3-5-14;1-14-9-10-20-17(11-14)18(22(26)27-3)12-21(24-20)19-13-23-25(15(19)2)16-7-5-4-6-8-16;1-13-8-9-19-16(10-13)17(21(25)26)11-20(23-19)18-12-22-24(14(18)2)15-6-4-3-5-7-15;20-12-3-6-17-15(7-12)16(19(26)27)8-18(21-17)11-1-4-14(5-2-11)24-9-13(10-25)22-23-24/h2-10,13H,11-12H2,1H3;1-13H,(H,25,26);4-13H,1-3H3;3-12H,1-2H3,(H,25,26);1-9,25H,10H2,(H,26,27). The van der Waals surface area contributed by atoms with E-state index >= 15 is 0 Å². The Balaban J connectivity index is 0.000000123. The van der Waals surface area contributed by atoms with Gasteiger partial charge in [-0.2, -0.15) is 15.3 Å². The van der Waals surface area contributed by atoms with Gasteiger partial charge in [-0.05, 0) is 196 Å². The third-order valence-electron chi connectivity index (χ3n) is 22.3. The minimum Gasteiger partial charge on any atom is -0.478 e. The lowest BCUT2D eigenvalue weighted by Gasteiger charge is -2.11. The molecule has 29 heteroatoms. The zero-order chi connectivity index (χ0) is 94.7. The van der Waals surface area contributed by atoms with Crippen molar-refractivity contribution >= 4 is 148 Å². The van der Waals surface area contributed by atoms with Crippen molar-refractivity contribution in [3.63, 3.8) is 0 Å². The zero-order valence-corrected chi connectivity index (χ0v) is 79.4. The topological polar surface area (TPSA) is 333 Å². The SMILES string of the molecule is COC(=O)c1cc(-c2cnn(-c3ccccc3)c2C)nc2ccc(C)cc12.COC(=O)c1cc(-c2cnn(-c3ccccc3)c2CBr)nc2ccc(CBr)cc12.Cc1ccc2nc(-c3cnn(-c4ccccc4)c3C)cc(C(=O)O)c2c1.O=C(O)c1cc(-c2ccc(-c3ccccc3)cc2)nc2ccc(Br)cc12.O=C(O)c1cc(-c2ccc(-n3cc(CO)nn3)cc2)nc2ccc(Br)cc12. The van der Waals surface area contributed by atoms with Crippen LogP contribution >= 0.6 is 63.7 Å². The van der Waals surface area contributed by atoms with Crippen molar-refractivity contribution in [2.45, 2.75) is 45.0 Å². The average molecular weight is 2050 g/mol. The second-order valence-corrected chi connectivity index (χ2v) is 33.9. The molecule has 0 aliphatic carbocycles. The number of carboxylic acids is 3. The van der Waals surface area contributed by atoms with Crippen LogP contribution < -0.4 is 0 Å². The Hall–Kier alpha value is -15.5. The van der Waals surface area contributed by atoms with Gasteiger partial charge in [-0.1, -0.05) is 220 Å². The molecule has 20 rings (SSSR count). The highest BCUT2D eigenvalue weighted by molar-refractivity contribution is 9.11. The summed E-state index contributed by atoms with van der Waals surface area (Å²) in [5.74, 6) is -3.68. The number of carbonyl (C=O) groups excluding carboxylic acids is 2. The number of nitrogens with zero attached hydrogens (tertiary/aromatic N) is 14. The summed E-state index contributed by atoms with van der Waals surface area (Å²) in [6.45, 7) is 7.70. The van der Waals surface area contributed by atoms with E-state index in [4.69, 9.17) is 24.5 Å². The van der Waals surface area contributed by atoms with E-state index in [0.717, 1.165) is 126 Å². The summed E-state index contributed by atoms with van der Waals surface area (Å²) in [5, 5.41) is 63.9. The number of esters is 2. The molecule has 0 unspecified atom stereocenters. The van der Waals surface area contributed by atoms with E-state index in [1.165, 1.54) is 14.2 Å². The van der Waals surface area contributed by atoms with E-state index in [0.29, 0.717) is 88.7 Å². The fraction of sp³-hybridized carbons (Fsp3) is 0.0849. The second-order valence-electron chi connectivity index (χ2n) is 31.0. The number of para-hydroxylation sites is 3. The maximum atomic E-state index is 12.5. The maximum absolute atomic E-state index is 12.5. The zero-order valence-electron chi connectivity index (χ0n) is 73.1. The number of carbonyl (C=O) groups is 5. The number of aliphatic hydroxyl groups is 1. The predicted molar refractivity (Wildman–Crippen MR) is 537 cm³/mol. The number of hydrogen-bond donors (Lipinski definition) is 4. The van der Waals surface area contributed by atoms with E-state index in [9.17, 15) is 39.3 Å². The molecule has 25 nitrogen and oxygen atoms in total. The summed E-state index contributed by atoms with van der Waals surface area (Å²) >= 11 is 13.8. The number of aromatic nitrogens is 14. The molecule has 0 atom stereocenters. The number of benzene rings is 11. The van der Waals surface area contributed by atoms with Crippen molar-refractivity contribution in [2.24, 2.45) is 0 Å². The largest absolute Gasteiger partial charge is 0.478 e. The monoisotopic (exact) mass is 2040 g/mol. The van der Waals surface area contributed by atoms with E-state index < -0.39 is 17.9 Å². The van der Waals surface area contributed by atoms with Crippen LogP contribution in [0.5, 0.6) is 0 Å². The smallest absolute Gasteiger partial charge is 0.338 e. The van der Waals surface area contributed by atoms with E-state index in [2.05, 4.69) is 116 Å². The molecule has 0 saturated carbocycles. The number of aliphatic hydroxyl groups excluding tert-OH is 1. The normalized spacial score (nSPS) is 11.0. The van der Waals surface area contributed by atoms with Gasteiger partial charge in [0.2, 0.25) is 0 Å². The van der Waals surface area contributed by atoms with Gasteiger partial charge in [0.15, 0.2) is 0 Å². The van der Waals surface area contributed by atoms with Crippen LogP contribution in [0.3, 0.4) is 0 Å². The fourth-order valence-electron chi connectivity index (χ4n) is 15.5. The van der Waals surface area contributed by atoms with Crippen molar-refractivity contribution in [3.8, 4) is 90.2 Å². The predicted octanol–water partition coefficient (Wildman–Crippen LogP) is 24.0. The molecule has 668 valence electrons. The van der Waals surface area contributed by atoms with Crippen molar-refractivity contribution in [2.75, 3.05) is 14.2 Å². The van der Waals surface area contributed by atoms with Gasteiger partial charge in [-0.3, -0.25) is 0 Å². The molecule has 0 spiro atoms. The third-order valence-corrected chi connectivity index (χ3v) is 24.4. The molecule has 9 aromatic heterocycles. The molecule has 0 bridgehead atoms. The molecule has 0 saturated heterocycles. The summed E-state index contributed by atoms with van der Waals surface area (Å²) in [5.41, 5.74) is 24.9. The van der Waals surface area contributed by atoms with Gasteiger partial charge in [-0.25, -0.2) is 67.6 Å². The number of ether oxygens (including phenoxy) is 2. The number of carboxylic acid groups (broad SMARTS) is 3. The highest BCUT2D eigenvalue weighted by Crippen LogP contribution is 2.37. The summed E-state index contributed by atoms with van der Waals surface area (Å²) < 4.78 is 18.8.